The van der Waals surface area contributed by atoms with Crippen LogP contribution in [-0.2, 0) is 36.5 Å². The predicted molar refractivity (Wildman–Crippen MR) is 168 cm³/mol. The van der Waals surface area contributed by atoms with Gasteiger partial charge in [-0.3, -0.25) is 28.7 Å². The summed E-state index contributed by atoms with van der Waals surface area (Å²) in [6, 6.07) is 4.67. The smallest absolute Gasteiger partial charge is 0.272 e. The Morgan fingerprint density at radius 3 is 2.58 bits per heavy atom. The second kappa shape index (κ2) is 13.2. The topological polar surface area (TPSA) is 143 Å². The van der Waals surface area contributed by atoms with Crippen LogP contribution in [0.1, 0.15) is 65.2 Å². The predicted octanol–water partition coefficient (Wildman–Crippen LogP) is 1.13. The molecule has 0 saturated carbocycles. The molecule has 0 spiro atoms. The van der Waals surface area contributed by atoms with Gasteiger partial charge in [-0.05, 0) is 49.8 Å². The van der Waals surface area contributed by atoms with Crippen molar-refractivity contribution in [3.05, 3.63) is 57.4 Å². The third kappa shape index (κ3) is 6.76. The Morgan fingerprint density at radius 1 is 1.04 bits per heavy atom. The van der Waals surface area contributed by atoms with E-state index in [4.69, 9.17) is 0 Å². The first kappa shape index (κ1) is 31.9. The lowest BCUT2D eigenvalue weighted by Crippen LogP contribution is -2.47. The van der Waals surface area contributed by atoms with Crippen LogP contribution in [0.5, 0.6) is 0 Å². The van der Waals surface area contributed by atoms with E-state index in [1.54, 1.807) is 51.7 Å². The lowest BCUT2D eigenvalue weighted by atomic mass is 9.90. The van der Waals surface area contributed by atoms with Gasteiger partial charge in [-0.1, -0.05) is 13.8 Å². The number of carbonyl (C=O) groups is 4. The molecule has 3 aromatic rings. The monoisotopic (exact) mass is 618 g/mol. The highest BCUT2D eigenvalue weighted by atomic mass is 16.2. The first-order valence-electron chi connectivity index (χ1n) is 15.6. The van der Waals surface area contributed by atoms with E-state index in [9.17, 15) is 24.0 Å². The average molecular weight is 619 g/mol. The number of amides is 4. The molecule has 0 radical (unpaired) electrons. The molecule has 1 N–H and O–H groups in total. The Labute approximate surface area is 262 Å². The molecule has 13 heteroatoms. The molecule has 2 aliphatic rings. The van der Waals surface area contributed by atoms with E-state index in [0.717, 1.165) is 17.7 Å². The van der Waals surface area contributed by atoms with Crippen molar-refractivity contribution in [2.75, 3.05) is 39.8 Å². The number of nitrogens with one attached hydrogen (secondary N) is 1. The summed E-state index contributed by atoms with van der Waals surface area (Å²) in [7, 11) is 5.20. The van der Waals surface area contributed by atoms with Crippen LogP contribution in [-0.4, -0.2) is 103 Å². The van der Waals surface area contributed by atoms with E-state index in [2.05, 4.69) is 15.4 Å². The summed E-state index contributed by atoms with van der Waals surface area (Å²) in [5.41, 5.74) is 2.69. The second-order valence-electron chi connectivity index (χ2n) is 12.5. The maximum absolute atomic E-state index is 13.8. The van der Waals surface area contributed by atoms with Gasteiger partial charge in [0.15, 0.2) is 5.69 Å². The summed E-state index contributed by atoms with van der Waals surface area (Å²) in [6.07, 6.45) is 3.87. The van der Waals surface area contributed by atoms with E-state index in [0.29, 0.717) is 48.0 Å². The van der Waals surface area contributed by atoms with Crippen LogP contribution in [0.2, 0.25) is 0 Å². The number of likely N-dealkylation sites (N-methyl/N-ethyl adjacent to an activating group) is 1. The van der Waals surface area contributed by atoms with Gasteiger partial charge in [0.05, 0.1) is 23.8 Å². The van der Waals surface area contributed by atoms with Crippen LogP contribution in [0, 0.1) is 5.92 Å². The zero-order valence-electron chi connectivity index (χ0n) is 26.7. The number of aromatic nitrogens is 4. The molecule has 1 unspecified atom stereocenters. The van der Waals surface area contributed by atoms with Gasteiger partial charge in [-0.25, -0.2) is 4.98 Å². The van der Waals surface area contributed by atoms with Crippen molar-refractivity contribution in [3.63, 3.8) is 0 Å². The van der Waals surface area contributed by atoms with Crippen LogP contribution < -0.4 is 10.9 Å². The number of fused-ring (bicyclic) bond motifs is 2. The van der Waals surface area contributed by atoms with Gasteiger partial charge >= 0.3 is 0 Å². The van der Waals surface area contributed by atoms with Crippen molar-refractivity contribution in [2.24, 2.45) is 20.0 Å². The summed E-state index contributed by atoms with van der Waals surface area (Å²) in [5, 5.41) is 7.86. The van der Waals surface area contributed by atoms with Gasteiger partial charge in [0, 0.05) is 76.6 Å². The summed E-state index contributed by atoms with van der Waals surface area (Å²) in [4.78, 5) is 75.7. The minimum absolute atomic E-state index is 0.0244. The van der Waals surface area contributed by atoms with Crippen molar-refractivity contribution < 1.29 is 19.2 Å². The Bertz CT molecular complexity index is 1690. The van der Waals surface area contributed by atoms with Crippen LogP contribution >= 0.6 is 0 Å². The lowest BCUT2D eigenvalue weighted by molar-refractivity contribution is -0.141. The van der Waals surface area contributed by atoms with Gasteiger partial charge in [0.2, 0.25) is 11.8 Å². The van der Waals surface area contributed by atoms with Crippen LogP contribution in [0.4, 0.5) is 0 Å². The molecule has 1 aromatic carbocycles. The molecule has 45 heavy (non-hydrogen) atoms. The number of hydrogen-bond donors (Lipinski definition) is 1. The number of nitrogens with zero attached hydrogens (tertiary/aromatic N) is 7. The van der Waals surface area contributed by atoms with E-state index in [1.165, 1.54) is 10.9 Å². The van der Waals surface area contributed by atoms with Crippen molar-refractivity contribution in [1.29, 1.82) is 0 Å². The summed E-state index contributed by atoms with van der Waals surface area (Å²) < 4.78 is 3.12. The normalized spacial score (nSPS) is 18.8. The second-order valence-corrected chi connectivity index (χ2v) is 12.5. The number of rotatable bonds is 3. The van der Waals surface area contributed by atoms with Crippen molar-refractivity contribution in [1.82, 2.24) is 39.3 Å². The van der Waals surface area contributed by atoms with E-state index < -0.39 is 0 Å². The van der Waals surface area contributed by atoms with Gasteiger partial charge < -0.3 is 24.6 Å². The maximum Gasteiger partial charge on any atom is 0.272 e. The first-order valence-corrected chi connectivity index (χ1v) is 15.6. The summed E-state index contributed by atoms with van der Waals surface area (Å²) in [6.45, 7) is 5.08. The number of aryl methyl sites for hydroxylation is 2. The molecule has 4 amide bonds. The van der Waals surface area contributed by atoms with Crippen LogP contribution in [0.25, 0.3) is 10.9 Å². The van der Waals surface area contributed by atoms with Crippen molar-refractivity contribution >= 4 is 34.5 Å². The third-order valence-electron chi connectivity index (χ3n) is 8.79. The fraction of sp³-hybridized carbons (Fsp3) is 0.531. The molecular formula is C32H42N8O5. The van der Waals surface area contributed by atoms with E-state index in [-0.39, 0.29) is 73.7 Å². The van der Waals surface area contributed by atoms with Crippen molar-refractivity contribution in [3.8, 4) is 0 Å². The zero-order valence-corrected chi connectivity index (χ0v) is 26.7. The van der Waals surface area contributed by atoms with Gasteiger partial charge in [0.25, 0.3) is 17.4 Å². The number of carbonyl (C=O) groups excluding carboxylic acids is 4. The van der Waals surface area contributed by atoms with Gasteiger partial charge in [0.1, 0.15) is 0 Å². The van der Waals surface area contributed by atoms with Crippen LogP contribution in [0.3, 0.4) is 0 Å². The van der Waals surface area contributed by atoms with E-state index >= 15 is 0 Å². The van der Waals surface area contributed by atoms with E-state index in [1.807, 2.05) is 20.9 Å². The molecule has 0 fully saturated rings. The first-order chi connectivity index (χ1) is 21.4. The quantitative estimate of drug-likeness (QED) is 0.464. The molecule has 13 nitrogen and oxygen atoms in total. The number of hydrogen-bond acceptors (Lipinski definition) is 7. The highest BCUT2D eigenvalue weighted by Gasteiger charge is 2.33. The van der Waals surface area contributed by atoms with Gasteiger partial charge in [-0.2, -0.15) is 5.10 Å². The minimum Gasteiger partial charge on any atom is -0.349 e. The molecule has 1 aliphatic heterocycles. The SMILES string of the molecule is CC(C)CN1CC(=O)N(C)C2CCc3c(c(nn3C)C(=O)NCCN(C(=O)c3ccc4c(=O)n(C)cnc4c3)CCCC1=O)C2. The summed E-state index contributed by atoms with van der Waals surface area (Å²) in [5.74, 6) is -0.741. The molecule has 1 aliphatic carbocycles. The molecule has 2 aromatic heterocycles. The third-order valence-corrected chi connectivity index (χ3v) is 8.79. The lowest BCUT2D eigenvalue weighted by Gasteiger charge is -2.34. The standard InChI is InChI=1S/C32H42N8O5/c1-20(2)17-40-18-28(42)37(4)22-9-11-26-24(16-22)29(35-38(26)5)30(43)33-12-14-39(13-6-7-27(40)41)31(44)21-8-10-23-25(15-21)34-19-36(3)32(23)45/h8,10,15,19-20,22H,6-7,9,11-14,16-18H2,1-5H3,(H,33,43). The average Bonchev–Trinajstić information content (AvgIpc) is 3.35. The highest BCUT2D eigenvalue weighted by Crippen LogP contribution is 2.27. The molecule has 5 rings (SSSR count). The maximum atomic E-state index is 13.8. The molecule has 240 valence electrons. The van der Waals surface area contributed by atoms with Crippen molar-refractivity contribution in [2.45, 2.75) is 52.0 Å². The largest absolute Gasteiger partial charge is 0.349 e. The Morgan fingerprint density at radius 2 is 1.82 bits per heavy atom. The highest BCUT2D eigenvalue weighted by molar-refractivity contribution is 5.98. The van der Waals surface area contributed by atoms with Crippen LogP contribution in [0.15, 0.2) is 29.3 Å². The molecule has 0 saturated heterocycles. The van der Waals surface area contributed by atoms with Gasteiger partial charge in [-0.15, -0.1) is 0 Å². The molecule has 2 bridgehead atoms. The molecule has 1 atom stereocenters. The molecule has 3 heterocycles. The number of benzene rings is 1. The fourth-order valence-electron chi connectivity index (χ4n) is 6.27. The molecular weight excluding hydrogens is 576 g/mol. The fourth-order valence-corrected chi connectivity index (χ4v) is 6.27. The zero-order chi connectivity index (χ0) is 32.4. The minimum atomic E-state index is -0.331. The summed E-state index contributed by atoms with van der Waals surface area (Å²) >= 11 is 0. The Balaban J connectivity index is 1.44. The Kier molecular flexibility index (Phi) is 9.35. The Hall–Kier alpha value is -4.55.